The summed E-state index contributed by atoms with van der Waals surface area (Å²) in [5.41, 5.74) is 8.28. The van der Waals surface area contributed by atoms with Crippen LogP contribution >= 0.6 is 15.9 Å². The van der Waals surface area contributed by atoms with Crippen LogP contribution in [0.2, 0.25) is 0 Å². The van der Waals surface area contributed by atoms with Crippen LogP contribution in [0, 0.1) is 13.8 Å². The summed E-state index contributed by atoms with van der Waals surface area (Å²) in [5.74, 6) is 0.498. The van der Waals surface area contributed by atoms with E-state index in [0.29, 0.717) is 5.92 Å². The molecule has 0 amide bonds. The van der Waals surface area contributed by atoms with Crippen LogP contribution in [0.25, 0.3) is 5.57 Å². The molecule has 0 bridgehead atoms. The Labute approximate surface area is 123 Å². The van der Waals surface area contributed by atoms with Gasteiger partial charge in [0.25, 0.3) is 0 Å². The van der Waals surface area contributed by atoms with Gasteiger partial charge in [-0.3, -0.25) is 0 Å². The molecule has 0 N–H and O–H groups in total. The van der Waals surface area contributed by atoms with E-state index < -0.39 is 0 Å². The summed E-state index contributed by atoms with van der Waals surface area (Å²) in [6.07, 6.45) is 2.39. The van der Waals surface area contributed by atoms with Gasteiger partial charge in [0.1, 0.15) is 0 Å². The third-order valence-corrected chi connectivity index (χ3v) is 4.60. The minimum absolute atomic E-state index is 0.498. The van der Waals surface area contributed by atoms with E-state index in [9.17, 15) is 0 Å². The number of aryl methyl sites for hydroxylation is 1. The van der Waals surface area contributed by atoms with Crippen molar-refractivity contribution in [2.24, 2.45) is 0 Å². The summed E-state index contributed by atoms with van der Waals surface area (Å²) in [4.78, 5) is 0. The zero-order chi connectivity index (χ0) is 13.6. The molecule has 19 heavy (non-hydrogen) atoms. The third-order valence-electron chi connectivity index (χ3n) is 4.11. The standard InChI is InChI=1S/C18H17Br/c1-11-5-4-6-16(13(11)3)17-9-12(2)15-8-7-14(19)10-18(15)17/h4-10,12H,1-3H3. The molecule has 0 spiro atoms. The predicted octanol–water partition coefficient (Wildman–Crippen LogP) is 5.61. The first-order valence-electron chi connectivity index (χ1n) is 6.66. The first kappa shape index (κ1) is 12.7. The minimum Gasteiger partial charge on any atom is -0.0688 e. The SMILES string of the molecule is Cc1cccc(C2=CC(C)c3ccc(Br)cc32)c1C. The highest BCUT2D eigenvalue weighted by atomic mass is 79.9. The molecule has 0 nitrogen and oxygen atoms in total. The normalized spacial score (nSPS) is 17.3. The zero-order valence-electron chi connectivity index (χ0n) is 11.5. The lowest BCUT2D eigenvalue weighted by Crippen LogP contribution is -1.93. The van der Waals surface area contributed by atoms with Gasteiger partial charge in [-0.05, 0) is 59.4 Å². The first-order chi connectivity index (χ1) is 9.08. The Morgan fingerprint density at radius 3 is 2.58 bits per heavy atom. The summed E-state index contributed by atoms with van der Waals surface area (Å²) >= 11 is 3.59. The van der Waals surface area contributed by atoms with E-state index in [1.807, 2.05) is 0 Å². The van der Waals surface area contributed by atoms with Crippen LogP contribution in [0.4, 0.5) is 0 Å². The van der Waals surface area contributed by atoms with Crippen molar-refractivity contribution < 1.29 is 0 Å². The Balaban J connectivity index is 2.21. The van der Waals surface area contributed by atoms with Gasteiger partial charge in [0.05, 0.1) is 0 Å². The maximum Gasteiger partial charge on any atom is 0.0181 e. The van der Waals surface area contributed by atoms with Crippen molar-refractivity contribution in [3.63, 3.8) is 0 Å². The molecule has 96 valence electrons. The van der Waals surface area contributed by atoms with E-state index in [-0.39, 0.29) is 0 Å². The molecule has 2 aromatic carbocycles. The van der Waals surface area contributed by atoms with Gasteiger partial charge in [-0.2, -0.15) is 0 Å². The van der Waals surface area contributed by atoms with Gasteiger partial charge in [0.2, 0.25) is 0 Å². The molecule has 2 aromatic rings. The van der Waals surface area contributed by atoms with E-state index in [4.69, 9.17) is 0 Å². The fraction of sp³-hybridized carbons (Fsp3) is 0.222. The van der Waals surface area contributed by atoms with Crippen LogP contribution in [0.15, 0.2) is 46.9 Å². The quantitative estimate of drug-likeness (QED) is 0.641. The number of halogens is 1. The molecule has 1 atom stereocenters. The maximum atomic E-state index is 3.59. The molecular weight excluding hydrogens is 296 g/mol. The molecule has 0 heterocycles. The van der Waals surface area contributed by atoms with E-state index >= 15 is 0 Å². The Hall–Kier alpha value is -1.34. The summed E-state index contributed by atoms with van der Waals surface area (Å²) in [6.45, 7) is 6.66. The first-order valence-corrected chi connectivity index (χ1v) is 7.45. The molecule has 1 aliphatic rings. The number of rotatable bonds is 1. The molecule has 1 aliphatic carbocycles. The summed E-state index contributed by atoms with van der Waals surface area (Å²) in [7, 11) is 0. The van der Waals surface area contributed by atoms with Gasteiger partial charge in [-0.15, -0.1) is 0 Å². The van der Waals surface area contributed by atoms with Gasteiger partial charge < -0.3 is 0 Å². The zero-order valence-corrected chi connectivity index (χ0v) is 13.1. The second-order valence-electron chi connectivity index (χ2n) is 5.35. The van der Waals surface area contributed by atoms with E-state index in [0.717, 1.165) is 4.47 Å². The molecule has 1 unspecified atom stereocenters. The maximum absolute atomic E-state index is 3.59. The van der Waals surface area contributed by atoms with Gasteiger partial charge >= 0.3 is 0 Å². The van der Waals surface area contributed by atoms with Crippen LogP contribution in [0.1, 0.15) is 40.7 Å². The molecule has 3 rings (SSSR count). The molecule has 0 aliphatic heterocycles. The lowest BCUT2D eigenvalue weighted by Gasteiger charge is -2.12. The van der Waals surface area contributed by atoms with E-state index in [2.05, 4.69) is 79.2 Å². The topological polar surface area (TPSA) is 0 Å². The molecule has 0 saturated heterocycles. The average Bonchev–Trinajstić information content (AvgIpc) is 2.70. The lowest BCUT2D eigenvalue weighted by atomic mass is 9.93. The number of hydrogen-bond acceptors (Lipinski definition) is 0. The number of hydrogen-bond donors (Lipinski definition) is 0. The number of benzene rings is 2. The lowest BCUT2D eigenvalue weighted by molar-refractivity contribution is 0.989. The smallest absolute Gasteiger partial charge is 0.0181 e. The van der Waals surface area contributed by atoms with Crippen molar-refractivity contribution in [3.05, 3.63) is 74.8 Å². The second-order valence-corrected chi connectivity index (χ2v) is 6.26. The van der Waals surface area contributed by atoms with E-state index in [1.54, 1.807) is 0 Å². The summed E-state index contributed by atoms with van der Waals surface area (Å²) in [6, 6.07) is 13.2. The van der Waals surface area contributed by atoms with Crippen LogP contribution < -0.4 is 0 Å². The highest BCUT2D eigenvalue weighted by Crippen LogP contribution is 2.41. The van der Waals surface area contributed by atoms with Gasteiger partial charge in [-0.1, -0.05) is 53.2 Å². The van der Waals surface area contributed by atoms with Crippen molar-refractivity contribution >= 4 is 21.5 Å². The largest absolute Gasteiger partial charge is 0.0688 e. The van der Waals surface area contributed by atoms with E-state index in [1.165, 1.54) is 33.4 Å². The van der Waals surface area contributed by atoms with Crippen LogP contribution in [-0.4, -0.2) is 0 Å². The van der Waals surface area contributed by atoms with Crippen molar-refractivity contribution in [2.75, 3.05) is 0 Å². The number of fused-ring (bicyclic) bond motifs is 1. The Kier molecular flexibility index (Phi) is 3.10. The molecule has 0 saturated carbocycles. The summed E-state index contributed by atoms with van der Waals surface area (Å²) < 4.78 is 1.15. The minimum atomic E-state index is 0.498. The highest BCUT2D eigenvalue weighted by Gasteiger charge is 2.22. The van der Waals surface area contributed by atoms with Crippen molar-refractivity contribution in [3.8, 4) is 0 Å². The Morgan fingerprint density at radius 2 is 1.79 bits per heavy atom. The molecule has 0 aromatic heterocycles. The molecule has 0 radical (unpaired) electrons. The van der Waals surface area contributed by atoms with Crippen molar-refractivity contribution in [2.45, 2.75) is 26.7 Å². The van der Waals surface area contributed by atoms with Crippen LogP contribution in [0.5, 0.6) is 0 Å². The second kappa shape index (κ2) is 4.64. The van der Waals surface area contributed by atoms with Gasteiger partial charge in [-0.25, -0.2) is 0 Å². The van der Waals surface area contributed by atoms with Crippen LogP contribution in [-0.2, 0) is 0 Å². The van der Waals surface area contributed by atoms with Crippen molar-refractivity contribution in [1.82, 2.24) is 0 Å². The van der Waals surface area contributed by atoms with Gasteiger partial charge in [0.15, 0.2) is 0 Å². The predicted molar refractivity (Wildman–Crippen MR) is 85.6 cm³/mol. The molecular formula is C18H17Br. The Morgan fingerprint density at radius 1 is 1.00 bits per heavy atom. The highest BCUT2D eigenvalue weighted by molar-refractivity contribution is 9.10. The average molecular weight is 313 g/mol. The van der Waals surface area contributed by atoms with Gasteiger partial charge in [0, 0.05) is 10.4 Å². The molecule has 0 fully saturated rings. The number of allylic oxidation sites excluding steroid dienone is 1. The van der Waals surface area contributed by atoms with Crippen molar-refractivity contribution in [1.29, 1.82) is 0 Å². The Bertz CT molecular complexity index is 680. The van der Waals surface area contributed by atoms with Crippen LogP contribution in [0.3, 0.4) is 0 Å². The fourth-order valence-corrected chi connectivity index (χ4v) is 3.23. The fourth-order valence-electron chi connectivity index (χ4n) is 2.87. The monoisotopic (exact) mass is 312 g/mol. The molecule has 1 heteroatoms. The third kappa shape index (κ3) is 2.06. The summed E-state index contributed by atoms with van der Waals surface area (Å²) in [5, 5.41) is 0.